The van der Waals surface area contributed by atoms with Gasteiger partial charge in [0.15, 0.2) is 10.8 Å². The van der Waals surface area contributed by atoms with Crippen LogP contribution in [0.5, 0.6) is 0 Å². The molecule has 1 fully saturated rings. The van der Waals surface area contributed by atoms with Crippen LogP contribution in [0.4, 0.5) is 0 Å². The molecule has 1 aliphatic heterocycles. The molecule has 5 nitrogen and oxygen atoms in total. The Balaban J connectivity index is 1.77. The molecule has 1 unspecified atom stereocenters. The number of likely N-dealkylation sites (tertiary alicyclic amines) is 1. The molecule has 2 N–H and O–H groups in total. The number of furan rings is 1. The summed E-state index contributed by atoms with van der Waals surface area (Å²) in [6.07, 6.45) is 0.827. The van der Waals surface area contributed by atoms with E-state index < -0.39 is 0 Å². The number of thiazole rings is 1. The molecular formula is C16H21N3O2S. The highest BCUT2D eigenvalue weighted by atomic mass is 32.1. The molecule has 0 aromatic carbocycles. The Morgan fingerprint density at radius 1 is 1.50 bits per heavy atom. The minimum atomic E-state index is -0.0646. The average Bonchev–Trinajstić information content (AvgIpc) is 3.09. The molecule has 0 radical (unpaired) electrons. The predicted molar refractivity (Wildman–Crippen MR) is 86.8 cm³/mol. The van der Waals surface area contributed by atoms with E-state index in [1.54, 1.807) is 5.38 Å². The first-order chi connectivity index (χ1) is 10.4. The number of hydrogen-bond acceptors (Lipinski definition) is 5. The molecule has 0 aliphatic carbocycles. The summed E-state index contributed by atoms with van der Waals surface area (Å²) >= 11 is 1.43. The Morgan fingerprint density at radius 3 is 2.91 bits per heavy atom. The molecule has 1 atom stereocenters. The zero-order valence-electron chi connectivity index (χ0n) is 13.1. The predicted octanol–water partition coefficient (Wildman–Crippen LogP) is 2.91. The summed E-state index contributed by atoms with van der Waals surface area (Å²) < 4.78 is 5.56. The quantitative estimate of drug-likeness (QED) is 0.924. The SMILES string of the molecule is Cc1ccc(-c2nc(C(=O)N3CCC(N)C(C)(C)C3)cs2)o1. The lowest BCUT2D eigenvalue weighted by atomic mass is 9.79. The normalized spacial score (nSPS) is 21.1. The third kappa shape index (κ3) is 2.80. The summed E-state index contributed by atoms with van der Waals surface area (Å²) in [5, 5.41) is 2.54. The van der Waals surface area contributed by atoms with Crippen molar-refractivity contribution in [1.82, 2.24) is 9.88 Å². The van der Waals surface area contributed by atoms with E-state index in [9.17, 15) is 4.79 Å². The molecule has 118 valence electrons. The maximum Gasteiger partial charge on any atom is 0.273 e. The van der Waals surface area contributed by atoms with Crippen molar-refractivity contribution in [3.63, 3.8) is 0 Å². The van der Waals surface area contributed by atoms with Gasteiger partial charge in [-0.1, -0.05) is 13.8 Å². The van der Waals surface area contributed by atoms with E-state index in [0.29, 0.717) is 24.5 Å². The first kappa shape index (κ1) is 15.2. The fraction of sp³-hybridized carbons (Fsp3) is 0.500. The number of amides is 1. The number of nitrogens with zero attached hydrogens (tertiary/aromatic N) is 2. The summed E-state index contributed by atoms with van der Waals surface area (Å²) in [5.74, 6) is 1.53. The van der Waals surface area contributed by atoms with Crippen molar-refractivity contribution in [2.45, 2.75) is 33.2 Å². The lowest BCUT2D eigenvalue weighted by Crippen LogP contribution is -2.54. The molecular weight excluding hydrogens is 298 g/mol. The molecule has 0 saturated carbocycles. The van der Waals surface area contributed by atoms with Crippen LogP contribution in [0.1, 0.15) is 36.5 Å². The van der Waals surface area contributed by atoms with E-state index in [2.05, 4.69) is 18.8 Å². The minimum Gasteiger partial charge on any atom is -0.459 e. The zero-order chi connectivity index (χ0) is 15.9. The van der Waals surface area contributed by atoms with E-state index in [1.807, 2.05) is 24.0 Å². The van der Waals surface area contributed by atoms with Gasteiger partial charge in [-0.3, -0.25) is 4.79 Å². The minimum absolute atomic E-state index is 0.0225. The van der Waals surface area contributed by atoms with Crippen LogP contribution in [0.3, 0.4) is 0 Å². The van der Waals surface area contributed by atoms with Crippen molar-refractivity contribution in [2.75, 3.05) is 13.1 Å². The highest BCUT2D eigenvalue weighted by Crippen LogP contribution is 2.30. The summed E-state index contributed by atoms with van der Waals surface area (Å²) in [7, 11) is 0. The van der Waals surface area contributed by atoms with Crippen LogP contribution in [0, 0.1) is 12.3 Å². The van der Waals surface area contributed by atoms with Crippen LogP contribution >= 0.6 is 11.3 Å². The Labute approximate surface area is 134 Å². The maximum absolute atomic E-state index is 12.6. The number of aromatic nitrogens is 1. The van der Waals surface area contributed by atoms with E-state index in [-0.39, 0.29) is 17.4 Å². The third-order valence-corrected chi connectivity index (χ3v) is 5.13. The van der Waals surface area contributed by atoms with E-state index in [1.165, 1.54) is 11.3 Å². The molecule has 0 spiro atoms. The van der Waals surface area contributed by atoms with Gasteiger partial charge in [0.05, 0.1) is 0 Å². The van der Waals surface area contributed by atoms with E-state index in [0.717, 1.165) is 17.2 Å². The molecule has 0 bridgehead atoms. The lowest BCUT2D eigenvalue weighted by molar-refractivity contribution is 0.0528. The van der Waals surface area contributed by atoms with Crippen molar-refractivity contribution >= 4 is 17.2 Å². The molecule has 3 heterocycles. The van der Waals surface area contributed by atoms with Gasteiger partial charge in [0.2, 0.25) is 0 Å². The van der Waals surface area contributed by atoms with Gasteiger partial charge in [-0.25, -0.2) is 4.98 Å². The topological polar surface area (TPSA) is 72.4 Å². The highest BCUT2D eigenvalue weighted by molar-refractivity contribution is 7.13. The van der Waals surface area contributed by atoms with Gasteiger partial charge >= 0.3 is 0 Å². The fourth-order valence-electron chi connectivity index (χ4n) is 2.74. The van der Waals surface area contributed by atoms with Crippen LogP contribution in [-0.2, 0) is 0 Å². The number of hydrogen-bond donors (Lipinski definition) is 1. The summed E-state index contributed by atoms with van der Waals surface area (Å²) in [4.78, 5) is 18.9. The highest BCUT2D eigenvalue weighted by Gasteiger charge is 2.36. The number of carbonyl (C=O) groups excluding carboxylic acids is 1. The van der Waals surface area contributed by atoms with Crippen molar-refractivity contribution in [3.8, 4) is 10.8 Å². The Hall–Kier alpha value is -1.66. The van der Waals surface area contributed by atoms with Gasteiger partial charge in [-0.05, 0) is 30.9 Å². The average molecular weight is 319 g/mol. The first-order valence-electron chi connectivity index (χ1n) is 7.44. The van der Waals surface area contributed by atoms with Crippen molar-refractivity contribution in [2.24, 2.45) is 11.1 Å². The molecule has 2 aromatic rings. The molecule has 2 aromatic heterocycles. The number of piperidine rings is 1. The van der Waals surface area contributed by atoms with Gasteiger partial charge in [0.25, 0.3) is 5.91 Å². The molecule has 22 heavy (non-hydrogen) atoms. The fourth-order valence-corrected chi connectivity index (χ4v) is 3.50. The summed E-state index contributed by atoms with van der Waals surface area (Å²) in [6.45, 7) is 7.46. The van der Waals surface area contributed by atoms with Gasteiger partial charge in [-0.15, -0.1) is 11.3 Å². The summed E-state index contributed by atoms with van der Waals surface area (Å²) in [5.41, 5.74) is 6.55. The third-order valence-electron chi connectivity index (χ3n) is 4.27. The van der Waals surface area contributed by atoms with E-state index in [4.69, 9.17) is 10.2 Å². The maximum atomic E-state index is 12.6. The van der Waals surface area contributed by atoms with Crippen LogP contribution in [-0.4, -0.2) is 34.9 Å². The van der Waals surface area contributed by atoms with Gasteiger partial charge in [-0.2, -0.15) is 0 Å². The standard InChI is InChI=1S/C16H21N3O2S/c1-10-4-5-12(21-10)14-18-11(8-22-14)15(20)19-7-6-13(17)16(2,3)9-19/h4-5,8,13H,6-7,9,17H2,1-3H3. The second kappa shape index (κ2) is 5.52. The Morgan fingerprint density at radius 2 is 2.27 bits per heavy atom. The molecule has 1 aliphatic rings. The number of nitrogens with two attached hydrogens (primary N) is 1. The van der Waals surface area contributed by atoms with Crippen LogP contribution < -0.4 is 5.73 Å². The van der Waals surface area contributed by atoms with Crippen molar-refractivity contribution < 1.29 is 9.21 Å². The molecule has 6 heteroatoms. The van der Waals surface area contributed by atoms with Crippen molar-refractivity contribution in [3.05, 3.63) is 29.0 Å². The smallest absolute Gasteiger partial charge is 0.273 e. The number of aryl methyl sites for hydroxylation is 1. The van der Waals surface area contributed by atoms with Gasteiger partial charge in [0, 0.05) is 24.5 Å². The zero-order valence-corrected chi connectivity index (χ0v) is 13.9. The molecule has 1 saturated heterocycles. The first-order valence-corrected chi connectivity index (χ1v) is 8.32. The largest absolute Gasteiger partial charge is 0.459 e. The van der Waals surface area contributed by atoms with Gasteiger partial charge in [0.1, 0.15) is 11.5 Å². The number of carbonyl (C=O) groups is 1. The summed E-state index contributed by atoms with van der Waals surface area (Å²) in [6, 6.07) is 3.91. The van der Waals surface area contributed by atoms with Crippen LogP contribution in [0.2, 0.25) is 0 Å². The van der Waals surface area contributed by atoms with Gasteiger partial charge < -0.3 is 15.1 Å². The Bertz CT molecular complexity index is 689. The second-order valence-electron chi connectivity index (χ2n) is 6.56. The number of rotatable bonds is 2. The molecule has 3 rings (SSSR count). The van der Waals surface area contributed by atoms with Crippen LogP contribution in [0.25, 0.3) is 10.8 Å². The Kier molecular flexibility index (Phi) is 3.82. The van der Waals surface area contributed by atoms with Crippen molar-refractivity contribution in [1.29, 1.82) is 0 Å². The van der Waals surface area contributed by atoms with Crippen LogP contribution in [0.15, 0.2) is 21.9 Å². The monoisotopic (exact) mass is 319 g/mol. The molecule has 1 amide bonds. The second-order valence-corrected chi connectivity index (χ2v) is 7.42. The lowest BCUT2D eigenvalue weighted by Gasteiger charge is -2.42. The van der Waals surface area contributed by atoms with E-state index >= 15 is 0 Å².